The average Bonchev–Trinajstić information content (AvgIpc) is 2.93. The molecule has 4 heteroatoms. The van der Waals surface area contributed by atoms with Crippen molar-refractivity contribution in [3.63, 3.8) is 0 Å². The first-order chi connectivity index (χ1) is 12.5. The quantitative estimate of drug-likeness (QED) is 0.881. The van der Waals surface area contributed by atoms with Crippen molar-refractivity contribution in [2.75, 3.05) is 18.4 Å². The van der Waals surface area contributed by atoms with Gasteiger partial charge >= 0.3 is 0 Å². The Bertz CT molecular complexity index is 788. The molecular weight excluding hydrogens is 324 g/mol. The van der Waals surface area contributed by atoms with Gasteiger partial charge in [-0.2, -0.15) is 0 Å². The molecule has 1 aliphatic rings. The second-order valence-electron chi connectivity index (χ2n) is 7.06. The molecule has 0 saturated carbocycles. The number of benzene rings is 2. The number of rotatable bonds is 3. The topological polar surface area (TPSA) is 49.4 Å². The van der Waals surface area contributed by atoms with E-state index in [-0.39, 0.29) is 11.8 Å². The highest BCUT2D eigenvalue weighted by atomic mass is 16.2. The monoisotopic (exact) mass is 350 g/mol. The van der Waals surface area contributed by atoms with Gasteiger partial charge in [-0.1, -0.05) is 25.0 Å². The van der Waals surface area contributed by atoms with E-state index in [0.717, 1.165) is 42.7 Å². The smallest absolute Gasteiger partial charge is 0.255 e. The third kappa shape index (κ3) is 4.31. The van der Waals surface area contributed by atoms with Crippen molar-refractivity contribution in [2.45, 2.75) is 39.5 Å². The molecule has 1 heterocycles. The summed E-state index contributed by atoms with van der Waals surface area (Å²) in [6.45, 7) is 5.62. The van der Waals surface area contributed by atoms with Crippen LogP contribution in [-0.4, -0.2) is 29.8 Å². The molecule has 2 amide bonds. The summed E-state index contributed by atoms with van der Waals surface area (Å²) in [6.07, 6.45) is 4.53. The number of nitrogens with zero attached hydrogens (tertiary/aromatic N) is 1. The van der Waals surface area contributed by atoms with Crippen molar-refractivity contribution in [3.8, 4) is 0 Å². The van der Waals surface area contributed by atoms with Crippen LogP contribution < -0.4 is 5.32 Å². The lowest BCUT2D eigenvalue weighted by Crippen LogP contribution is -2.31. The van der Waals surface area contributed by atoms with Crippen LogP contribution in [0.3, 0.4) is 0 Å². The number of carbonyl (C=O) groups is 2. The van der Waals surface area contributed by atoms with Gasteiger partial charge in [0.05, 0.1) is 0 Å². The van der Waals surface area contributed by atoms with Gasteiger partial charge in [-0.05, 0) is 68.1 Å². The molecule has 26 heavy (non-hydrogen) atoms. The van der Waals surface area contributed by atoms with Gasteiger partial charge in [-0.3, -0.25) is 9.59 Å². The number of hydrogen-bond acceptors (Lipinski definition) is 2. The van der Waals surface area contributed by atoms with E-state index in [4.69, 9.17) is 0 Å². The summed E-state index contributed by atoms with van der Waals surface area (Å²) >= 11 is 0. The van der Waals surface area contributed by atoms with Crippen LogP contribution in [0.15, 0.2) is 42.5 Å². The van der Waals surface area contributed by atoms with Gasteiger partial charge in [0.1, 0.15) is 0 Å². The predicted octanol–water partition coefficient (Wildman–Crippen LogP) is 4.57. The molecular formula is C22H26N2O2. The Balaban J connectivity index is 1.69. The summed E-state index contributed by atoms with van der Waals surface area (Å²) in [7, 11) is 0. The summed E-state index contributed by atoms with van der Waals surface area (Å²) in [5.41, 5.74) is 4.15. The lowest BCUT2D eigenvalue weighted by molar-refractivity contribution is 0.0761. The summed E-state index contributed by atoms with van der Waals surface area (Å²) in [5.74, 6) is -0.0964. The number of aryl methyl sites for hydroxylation is 2. The number of nitrogens with one attached hydrogen (secondary N) is 1. The first-order valence-electron chi connectivity index (χ1n) is 9.32. The molecule has 1 aliphatic heterocycles. The van der Waals surface area contributed by atoms with Crippen LogP contribution in [-0.2, 0) is 0 Å². The number of carbonyl (C=O) groups excluding carboxylic acids is 2. The van der Waals surface area contributed by atoms with Gasteiger partial charge < -0.3 is 10.2 Å². The molecule has 1 saturated heterocycles. The predicted molar refractivity (Wildman–Crippen MR) is 105 cm³/mol. The third-order valence-corrected chi connectivity index (χ3v) is 4.93. The molecule has 0 bridgehead atoms. The highest BCUT2D eigenvalue weighted by Gasteiger charge is 2.17. The lowest BCUT2D eigenvalue weighted by atomic mass is 10.1. The van der Waals surface area contributed by atoms with Crippen LogP contribution in [0.2, 0.25) is 0 Å². The lowest BCUT2D eigenvalue weighted by Gasteiger charge is -2.20. The molecule has 2 aromatic rings. The fourth-order valence-corrected chi connectivity index (χ4v) is 3.29. The van der Waals surface area contributed by atoms with Gasteiger partial charge in [0, 0.05) is 29.9 Å². The molecule has 2 aromatic carbocycles. The zero-order valence-electron chi connectivity index (χ0n) is 15.5. The molecule has 1 N–H and O–H groups in total. The average molecular weight is 350 g/mol. The molecule has 4 nitrogen and oxygen atoms in total. The van der Waals surface area contributed by atoms with E-state index in [1.165, 1.54) is 12.8 Å². The summed E-state index contributed by atoms with van der Waals surface area (Å²) in [6, 6.07) is 12.9. The maximum absolute atomic E-state index is 12.6. The van der Waals surface area contributed by atoms with Crippen molar-refractivity contribution in [1.82, 2.24) is 4.90 Å². The van der Waals surface area contributed by atoms with E-state index in [9.17, 15) is 9.59 Å². The Morgan fingerprint density at radius 3 is 2.12 bits per heavy atom. The van der Waals surface area contributed by atoms with Crippen molar-refractivity contribution < 1.29 is 9.59 Å². The van der Waals surface area contributed by atoms with Gasteiger partial charge in [-0.25, -0.2) is 0 Å². The number of hydrogen-bond donors (Lipinski definition) is 1. The maximum atomic E-state index is 12.6. The second kappa shape index (κ2) is 8.17. The number of anilines is 1. The van der Waals surface area contributed by atoms with Crippen molar-refractivity contribution >= 4 is 17.5 Å². The van der Waals surface area contributed by atoms with Crippen molar-refractivity contribution in [3.05, 3.63) is 64.7 Å². The Morgan fingerprint density at radius 2 is 1.46 bits per heavy atom. The third-order valence-electron chi connectivity index (χ3n) is 4.93. The van der Waals surface area contributed by atoms with E-state index in [2.05, 4.69) is 5.32 Å². The van der Waals surface area contributed by atoms with E-state index in [1.807, 2.05) is 36.9 Å². The summed E-state index contributed by atoms with van der Waals surface area (Å²) in [4.78, 5) is 27.1. The van der Waals surface area contributed by atoms with E-state index < -0.39 is 0 Å². The zero-order chi connectivity index (χ0) is 18.5. The maximum Gasteiger partial charge on any atom is 0.255 e. The Labute approximate surface area is 155 Å². The SMILES string of the molecule is Cc1ccc(C)c(NC(=O)c2ccc(C(=O)N3CCCCCC3)cc2)c1. The fourth-order valence-electron chi connectivity index (χ4n) is 3.29. The molecule has 0 unspecified atom stereocenters. The highest BCUT2D eigenvalue weighted by molar-refractivity contribution is 6.05. The van der Waals surface area contributed by atoms with E-state index in [1.54, 1.807) is 24.3 Å². The molecule has 0 atom stereocenters. The van der Waals surface area contributed by atoms with Gasteiger partial charge in [0.25, 0.3) is 11.8 Å². The van der Waals surface area contributed by atoms with Gasteiger partial charge in [-0.15, -0.1) is 0 Å². The number of amides is 2. The van der Waals surface area contributed by atoms with Gasteiger partial charge in [0.2, 0.25) is 0 Å². The molecule has 3 rings (SSSR count). The normalized spacial score (nSPS) is 14.6. The van der Waals surface area contributed by atoms with Crippen molar-refractivity contribution in [2.24, 2.45) is 0 Å². The minimum absolute atomic E-state index is 0.0633. The largest absolute Gasteiger partial charge is 0.339 e. The molecule has 1 fully saturated rings. The zero-order valence-corrected chi connectivity index (χ0v) is 15.5. The van der Waals surface area contributed by atoms with Crippen LogP contribution in [0, 0.1) is 13.8 Å². The molecule has 0 aliphatic carbocycles. The second-order valence-corrected chi connectivity index (χ2v) is 7.06. The molecule has 0 spiro atoms. The first-order valence-corrected chi connectivity index (χ1v) is 9.32. The van der Waals surface area contributed by atoms with E-state index >= 15 is 0 Å². The summed E-state index contributed by atoms with van der Waals surface area (Å²) < 4.78 is 0. The van der Waals surface area contributed by atoms with Crippen LogP contribution in [0.4, 0.5) is 5.69 Å². The van der Waals surface area contributed by atoms with Crippen LogP contribution in [0.1, 0.15) is 57.5 Å². The van der Waals surface area contributed by atoms with Crippen LogP contribution >= 0.6 is 0 Å². The summed E-state index contributed by atoms with van der Waals surface area (Å²) in [5, 5.41) is 2.95. The van der Waals surface area contributed by atoms with E-state index in [0.29, 0.717) is 11.1 Å². The minimum Gasteiger partial charge on any atom is -0.339 e. The highest BCUT2D eigenvalue weighted by Crippen LogP contribution is 2.18. The molecule has 0 radical (unpaired) electrons. The molecule has 0 aromatic heterocycles. The first kappa shape index (κ1) is 18.2. The van der Waals surface area contributed by atoms with Crippen LogP contribution in [0.25, 0.3) is 0 Å². The fraction of sp³-hybridized carbons (Fsp3) is 0.364. The Morgan fingerprint density at radius 1 is 0.846 bits per heavy atom. The standard InChI is InChI=1S/C22H26N2O2/c1-16-7-8-17(2)20(15-16)23-21(25)18-9-11-19(12-10-18)22(26)24-13-5-3-4-6-14-24/h7-12,15H,3-6,13-14H2,1-2H3,(H,23,25). The number of likely N-dealkylation sites (tertiary alicyclic amines) is 1. The Kier molecular flexibility index (Phi) is 5.71. The Hall–Kier alpha value is -2.62. The molecule has 136 valence electrons. The van der Waals surface area contributed by atoms with Crippen molar-refractivity contribution in [1.29, 1.82) is 0 Å². The van der Waals surface area contributed by atoms with Gasteiger partial charge in [0.15, 0.2) is 0 Å². The van der Waals surface area contributed by atoms with Crippen LogP contribution in [0.5, 0.6) is 0 Å². The minimum atomic E-state index is -0.160.